The van der Waals surface area contributed by atoms with E-state index in [2.05, 4.69) is 15.0 Å². The second-order valence-electron chi connectivity index (χ2n) is 6.63. The van der Waals surface area contributed by atoms with Crippen molar-refractivity contribution in [2.24, 2.45) is 0 Å². The molecule has 3 aromatic rings. The summed E-state index contributed by atoms with van der Waals surface area (Å²) in [5.74, 6) is -0.138. The fourth-order valence-corrected chi connectivity index (χ4v) is 4.41. The van der Waals surface area contributed by atoms with Crippen molar-refractivity contribution in [2.75, 3.05) is 15.8 Å². The number of nitrogens with one attached hydrogen (secondary N) is 3. The zero-order valence-corrected chi connectivity index (χ0v) is 17.2. The minimum Gasteiger partial charge on any atom is -0.361 e. The van der Waals surface area contributed by atoms with Crippen molar-refractivity contribution >= 4 is 49.8 Å². The molecule has 0 aliphatic rings. The van der Waals surface area contributed by atoms with Crippen molar-refractivity contribution in [2.45, 2.75) is 26.7 Å². The molecule has 0 saturated heterocycles. The van der Waals surface area contributed by atoms with Gasteiger partial charge in [-0.15, -0.1) is 0 Å². The minimum absolute atomic E-state index is 0.0492. The monoisotopic (exact) mass is 419 g/mol. The molecule has 2 aromatic carbocycles. The normalized spacial score (nSPS) is 11.5. The number of aromatic amines is 1. The summed E-state index contributed by atoms with van der Waals surface area (Å²) in [4.78, 5) is 15.7. The number of anilines is 2. The highest BCUT2D eigenvalue weighted by molar-refractivity contribution is 7.92. The van der Waals surface area contributed by atoms with Gasteiger partial charge < -0.3 is 10.3 Å². The van der Waals surface area contributed by atoms with Gasteiger partial charge in [0.1, 0.15) is 0 Å². The molecular formula is C20H22ClN3O3S. The number of benzene rings is 2. The van der Waals surface area contributed by atoms with E-state index in [0.29, 0.717) is 28.4 Å². The Morgan fingerprint density at radius 3 is 2.68 bits per heavy atom. The van der Waals surface area contributed by atoms with Crippen LogP contribution < -0.4 is 10.0 Å². The number of halogens is 1. The molecule has 3 N–H and O–H groups in total. The quantitative estimate of drug-likeness (QED) is 0.527. The van der Waals surface area contributed by atoms with Gasteiger partial charge in [-0.25, -0.2) is 8.42 Å². The first-order valence-corrected chi connectivity index (χ1v) is 11.0. The summed E-state index contributed by atoms with van der Waals surface area (Å²) in [6, 6.07) is 10.6. The SMILES string of the molecule is CCCS(=O)(=O)Nc1cccc(NC(=O)Cc2c[nH]c3cc(Cl)ccc23)c1C. The largest absolute Gasteiger partial charge is 0.361 e. The summed E-state index contributed by atoms with van der Waals surface area (Å²) in [5.41, 5.74) is 3.44. The lowest BCUT2D eigenvalue weighted by atomic mass is 10.1. The van der Waals surface area contributed by atoms with Crippen LogP contribution in [0.5, 0.6) is 0 Å². The molecule has 0 bridgehead atoms. The van der Waals surface area contributed by atoms with Crippen molar-refractivity contribution < 1.29 is 13.2 Å². The smallest absolute Gasteiger partial charge is 0.232 e. The molecule has 0 spiro atoms. The maximum Gasteiger partial charge on any atom is 0.232 e. The van der Waals surface area contributed by atoms with Crippen molar-refractivity contribution in [1.82, 2.24) is 4.98 Å². The maximum absolute atomic E-state index is 12.6. The molecule has 28 heavy (non-hydrogen) atoms. The summed E-state index contributed by atoms with van der Waals surface area (Å²) in [5, 5.41) is 4.44. The summed E-state index contributed by atoms with van der Waals surface area (Å²) >= 11 is 5.99. The van der Waals surface area contributed by atoms with Gasteiger partial charge >= 0.3 is 0 Å². The molecule has 1 amide bonds. The van der Waals surface area contributed by atoms with E-state index in [-0.39, 0.29) is 18.1 Å². The van der Waals surface area contributed by atoms with Crippen LogP contribution in [-0.2, 0) is 21.2 Å². The van der Waals surface area contributed by atoms with Crippen LogP contribution in [0.25, 0.3) is 10.9 Å². The number of rotatable bonds is 7. The maximum atomic E-state index is 12.6. The molecule has 0 aliphatic carbocycles. The predicted molar refractivity (Wildman–Crippen MR) is 115 cm³/mol. The number of hydrogen-bond acceptors (Lipinski definition) is 3. The van der Waals surface area contributed by atoms with Crippen molar-refractivity contribution in [3.63, 3.8) is 0 Å². The van der Waals surface area contributed by atoms with Gasteiger partial charge in [-0.2, -0.15) is 0 Å². The van der Waals surface area contributed by atoms with E-state index in [0.717, 1.165) is 16.5 Å². The van der Waals surface area contributed by atoms with Crippen molar-refractivity contribution in [3.8, 4) is 0 Å². The van der Waals surface area contributed by atoms with E-state index >= 15 is 0 Å². The average Bonchev–Trinajstić information content (AvgIpc) is 3.00. The molecule has 0 aliphatic heterocycles. The van der Waals surface area contributed by atoms with Crippen LogP contribution in [0.15, 0.2) is 42.6 Å². The summed E-state index contributed by atoms with van der Waals surface area (Å²) < 4.78 is 26.6. The first-order chi connectivity index (χ1) is 13.3. The van der Waals surface area contributed by atoms with Crippen molar-refractivity contribution in [3.05, 3.63) is 58.7 Å². The zero-order chi connectivity index (χ0) is 20.3. The van der Waals surface area contributed by atoms with Crippen LogP contribution in [-0.4, -0.2) is 25.1 Å². The molecule has 0 saturated carbocycles. The zero-order valence-electron chi connectivity index (χ0n) is 15.7. The van der Waals surface area contributed by atoms with E-state index in [1.54, 1.807) is 44.3 Å². The first-order valence-electron chi connectivity index (χ1n) is 8.94. The Morgan fingerprint density at radius 2 is 1.93 bits per heavy atom. The Balaban J connectivity index is 1.76. The second-order valence-corrected chi connectivity index (χ2v) is 8.91. The molecule has 8 heteroatoms. The lowest BCUT2D eigenvalue weighted by molar-refractivity contribution is -0.115. The van der Waals surface area contributed by atoms with Crippen LogP contribution >= 0.6 is 11.6 Å². The average molecular weight is 420 g/mol. The van der Waals surface area contributed by atoms with E-state index in [4.69, 9.17) is 11.6 Å². The molecule has 0 unspecified atom stereocenters. The third-order valence-corrected chi connectivity index (χ3v) is 6.14. The first kappa shape index (κ1) is 20.2. The Hall–Kier alpha value is -2.51. The number of carbonyl (C=O) groups is 1. The van der Waals surface area contributed by atoms with E-state index < -0.39 is 10.0 Å². The molecule has 0 radical (unpaired) electrons. The van der Waals surface area contributed by atoms with Gasteiger partial charge in [-0.1, -0.05) is 30.7 Å². The summed E-state index contributed by atoms with van der Waals surface area (Å²) in [6.45, 7) is 3.58. The number of H-pyrrole nitrogens is 1. The van der Waals surface area contributed by atoms with Gasteiger partial charge in [-0.3, -0.25) is 9.52 Å². The van der Waals surface area contributed by atoms with E-state index in [1.807, 2.05) is 12.1 Å². The number of sulfonamides is 1. The summed E-state index contributed by atoms with van der Waals surface area (Å²) in [6.07, 6.45) is 2.51. The van der Waals surface area contributed by atoms with Gasteiger partial charge in [-0.05, 0) is 48.7 Å². The molecule has 6 nitrogen and oxygen atoms in total. The predicted octanol–water partition coefficient (Wildman–Crippen LogP) is 4.46. The number of carbonyl (C=O) groups excluding carboxylic acids is 1. The Bertz CT molecular complexity index is 1120. The standard InChI is InChI=1S/C20H22ClN3O3S/c1-3-9-28(26,27)24-18-6-4-5-17(13(18)2)23-20(25)10-14-12-22-19-11-15(21)7-8-16(14)19/h4-8,11-12,22,24H,3,9-10H2,1-2H3,(H,23,25). The highest BCUT2D eigenvalue weighted by Gasteiger charge is 2.14. The summed E-state index contributed by atoms with van der Waals surface area (Å²) in [7, 11) is -3.40. The third-order valence-electron chi connectivity index (χ3n) is 4.43. The number of fused-ring (bicyclic) bond motifs is 1. The fourth-order valence-electron chi connectivity index (χ4n) is 3.04. The van der Waals surface area contributed by atoms with Gasteiger partial charge in [0.25, 0.3) is 0 Å². The van der Waals surface area contributed by atoms with Crippen LogP contribution in [0.4, 0.5) is 11.4 Å². The van der Waals surface area contributed by atoms with Crippen LogP contribution in [0.3, 0.4) is 0 Å². The van der Waals surface area contributed by atoms with Crippen LogP contribution in [0.1, 0.15) is 24.5 Å². The third kappa shape index (κ3) is 4.66. The lowest BCUT2D eigenvalue weighted by Gasteiger charge is -2.14. The lowest BCUT2D eigenvalue weighted by Crippen LogP contribution is -2.18. The highest BCUT2D eigenvalue weighted by atomic mass is 35.5. The van der Waals surface area contributed by atoms with Crippen LogP contribution in [0, 0.1) is 6.92 Å². The minimum atomic E-state index is -3.40. The highest BCUT2D eigenvalue weighted by Crippen LogP contribution is 2.26. The number of hydrogen-bond donors (Lipinski definition) is 3. The molecule has 1 aromatic heterocycles. The van der Waals surface area contributed by atoms with Gasteiger partial charge in [0.2, 0.25) is 15.9 Å². The number of aromatic nitrogens is 1. The molecule has 3 rings (SSSR count). The molecule has 0 fully saturated rings. The van der Waals surface area contributed by atoms with Gasteiger partial charge in [0, 0.05) is 27.8 Å². The van der Waals surface area contributed by atoms with Gasteiger partial charge in [0.05, 0.1) is 17.9 Å². The Labute approximate surface area is 169 Å². The molecular weight excluding hydrogens is 398 g/mol. The second kappa shape index (κ2) is 8.24. The number of amides is 1. The van der Waals surface area contributed by atoms with Crippen LogP contribution in [0.2, 0.25) is 5.02 Å². The molecule has 148 valence electrons. The topological polar surface area (TPSA) is 91.1 Å². The van der Waals surface area contributed by atoms with Crippen molar-refractivity contribution in [1.29, 1.82) is 0 Å². The Morgan fingerprint density at radius 1 is 1.18 bits per heavy atom. The van der Waals surface area contributed by atoms with E-state index in [1.165, 1.54) is 0 Å². The molecule has 0 atom stereocenters. The molecule has 1 heterocycles. The van der Waals surface area contributed by atoms with E-state index in [9.17, 15) is 13.2 Å². The van der Waals surface area contributed by atoms with Gasteiger partial charge in [0.15, 0.2) is 0 Å². The fraction of sp³-hybridized carbons (Fsp3) is 0.250. The Kier molecular flexibility index (Phi) is 5.96.